The summed E-state index contributed by atoms with van der Waals surface area (Å²) in [6, 6.07) is 0.363. The first-order valence-electron chi connectivity index (χ1n) is 5.73. The molecule has 14 heavy (non-hydrogen) atoms. The first-order valence-corrected chi connectivity index (χ1v) is 5.73. The predicted molar refractivity (Wildman–Crippen MR) is 62.2 cm³/mol. The summed E-state index contributed by atoms with van der Waals surface area (Å²) in [4.78, 5) is 2.50. The maximum absolute atomic E-state index is 6.02. The van der Waals surface area contributed by atoms with Crippen molar-refractivity contribution >= 4 is 0 Å². The highest BCUT2D eigenvalue weighted by Crippen LogP contribution is 2.11. The summed E-state index contributed by atoms with van der Waals surface area (Å²) < 4.78 is 0. The predicted octanol–water partition coefficient (Wildman–Crippen LogP) is 2.01. The van der Waals surface area contributed by atoms with Gasteiger partial charge < -0.3 is 5.73 Å². The molecule has 0 bridgehead atoms. The van der Waals surface area contributed by atoms with E-state index in [0.29, 0.717) is 12.0 Å². The van der Waals surface area contributed by atoms with Gasteiger partial charge >= 0.3 is 0 Å². The second kappa shape index (κ2) is 5.52. The van der Waals surface area contributed by atoms with Crippen LogP contribution in [-0.4, -0.2) is 30.6 Å². The molecule has 0 radical (unpaired) electrons. The molecule has 0 saturated heterocycles. The fraction of sp³-hybridized carbons (Fsp3) is 0.833. The molecule has 0 spiro atoms. The Morgan fingerprint density at radius 3 is 2.71 bits per heavy atom. The molecule has 82 valence electrons. The van der Waals surface area contributed by atoms with Crippen LogP contribution >= 0.6 is 0 Å². The molecule has 1 unspecified atom stereocenters. The van der Waals surface area contributed by atoms with Crippen molar-refractivity contribution in [1.82, 2.24) is 4.90 Å². The monoisotopic (exact) mass is 196 g/mol. The summed E-state index contributed by atoms with van der Waals surface area (Å²) in [6.45, 7) is 10.1. The molecule has 0 fully saturated rings. The third kappa shape index (κ3) is 3.81. The molecule has 0 saturated carbocycles. The Morgan fingerprint density at radius 1 is 1.50 bits per heavy atom. The fourth-order valence-electron chi connectivity index (χ4n) is 1.68. The van der Waals surface area contributed by atoms with Gasteiger partial charge in [-0.15, -0.1) is 0 Å². The van der Waals surface area contributed by atoms with Gasteiger partial charge in [0.05, 0.1) is 0 Å². The quantitative estimate of drug-likeness (QED) is 0.697. The number of hydrogen-bond donors (Lipinski definition) is 1. The van der Waals surface area contributed by atoms with E-state index < -0.39 is 0 Å². The Bertz CT molecular complexity index is 196. The van der Waals surface area contributed by atoms with Crippen LogP contribution in [0.3, 0.4) is 0 Å². The maximum atomic E-state index is 6.02. The van der Waals surface area contributed by atoms with Crippen molar-refractivity contribution in [3.63, 3.8) is 0 Å². The molecule has 0 aromatic carbocycles. The average Bonchev–Trinajstić information content (AvgIpc) is 2.16. The summed E-state index contributed by atoms with van der Waals surface area (Å²) in [5.41, 5.74) is 7.56. The molecular formula is C12H24N2. The van der Waals surface area contributed by atoms with Crippen LogP contribution in [0.15, 0.2) is 11.6 Å². The van der Waals surface area contributed by atoms with E-state index in [-0.39, 0.29) is 0 Å². The van der Waals surface area contributed by atoms with E-state index >= 15 is 0 Å². The van der Waals surface area contributed by atoms with E-state index in [2.05, 4.69) is 31.7 Å². The lowest BCUT2D eigenvalue weighted by Crippen LogP contribution is -2.35. The zero-order chi connectivity index (χ0) is 10.6. The number of nitrogens with two attached hydrogens (primary N) is 1. The zero-order valence-electron chi connectivity index (χ0n) is 9.79. The van der Waals surface area contributed by atoms with Crippen LogP contribution in [0.5, 0.6) is 0 Å². The van der Waals surface area contributed by atoms with E-state index in [1.165, 1.54) is 18.5 Å². The SMILES string of the molecule is CC1=CCN(CCC(N)C(C)C)CC1. The first kappa shape index (κ1) is 11.7. The number of nitrogens with zero attached hydrogens (tertiary/aromatic N) is 1. The Kier molecular flexibility index (Phi) is 4.63. The highest BCUT2D eigenvalue weighted by atomic mass is 15.1. The maximum Gasteiger partial charge on any atom is 0.0165 e. The minimum atomic E-state index is 0.363. The van der Waals surface area contributed by atoms with Crippen LogP contribution in [0.25, 0.3) is 0 Å². The van der Waals surface area contributed by atoms with E-state index in [9.17, 15) is 0 Å². The molecule has 2 heteroatoms. The molecule has 0 amide bonds. The van der Waals surface area contributed by atoms with Crippen LogP contribution in [0.4, 0.5) is 0 Å². The molecule has 1 atom stereocenters. The molecule has 0 aliphatic carbocycles. The van der Waals surface area contributed by atoms with E-state index in [1.54, 1.807) is 0 Å². The van der Waals surface area contributed by atoms with Crippen LogP contribution in [0.2, 0.25) is 0 Å². The van der Waals surface area contributed by atoms with Crippen LogP contribution in [0.1, 0.15) is 33.6 Å². The van der Waals surface area contributed by atoms with E-state index in [0.717, 1.165) is 19.5 Å². The molecule has 1 rings (SSSR count). The van der Waals surface area contributed by atoms with E-state index in [4.69, 9.17) is 5.73 Å². The second-order valence-corrected chi connectivity index (χ2v) is 4.80. The number of hydrogen-bond acceptors (Lipinski definition) is 2. The normalized spacial score (nSPS) is 21.1. The van der Waals surface area contributed by atoms with Crippen molar-refractivity contribution in [2.45, 2.75) is 39.7 Å². The molecule has 0 aromatic heterocycles. The summed E-state index contributed by atoms with van der Waals surface area (Å²) in [7, 11) is 0. The highest BCUT2D eigenvalue weighted by molar-refractivity contribution is 5.03. The van der Waals surface area contributed by atoms with Gasteiger partial charge in [0, 0.05) is 19.1 Å². The topological polar surface area (TPSA) is 29.3 Å². The van der Waals surface area contributed by atoms with Crippen molar-refractivity contribution in [3.05, 3.63) is 11.6 Å². The van der Waals surface area contributed by atoms with Gasteiger partial charge in [0.25, 0.3) is 0 Å². The Morgan fingerprint density at radius 2 is 2.21 bits per heavy atom. The lowest BCUT2D eigenvalue weighted by atomic mass is 10.0. The first-order chi connectivity index (χ1) is 6.59. The molecule has 2 nitrogen and oxygen atoms in total. The molecular weight excluding hydrogens is 172 g/mol. The van der Waals surface area contributed by atoms with Gasteiger partial charge in [0.2, 0.25) is 0 Å². The van der Waals surface area contributed by atoms with Crippen molar-refractivity contribution in [2.75, 3.05) is 19.6 Å². The Balaban J connectivity index is 2.20. The van der Waals surface area contributed by atoms with Gasteiger partial charge in [-0.3, -0.25) is 4.90 Å². The van der Waals surface area contributed by atoms with Crippen molar-refractivity contribution in [1.29, 1.82) is 0 Å². The van der Waals surface area contributed by atoms with Crippen molar-refractivity contribution in [2.24, 2.45) is 11.7 Å². The van der Waals surface area contributed by atoms with Gasteiger partial charge in [0.1, 0.15) is 0 Å². The summed E-state index contributed by atoms with van der Waals surface area (Å²) in [5.74, 6) is 0.608. The minimum absolute atomic E-state index is 0.363. The zero-order valence-corrected chi connectivity index (χ0v) is 9.79. The van der Waals surface area contributed by atoms with Crippen LogP contribution in [-0.2, 0) is 0 Å². The third-order valence-corrected chi connectivity index (χ3v) is 3.16. The molecule has 1 aliphatic heterocycles. The summed E-state index contributed by atoms with van der Waals surface area (Å²) >= 11 is 0. The fourth-order valence-corrected chi connectivity index (χ4v) is 1.68. The molecule has 0 aromatic rings. The van der Waals surface area contributed by atoms with Crippen molar-refractivity contribution < 1.29 is 0 Å². The summed E-state index contributed by atoms with van der Waals surface area (Å²) in [5, 5.41) is 0. The lowest BCUT2D eigenvalue weighted by Gasteiger charge is -2.27. The highest BCUT2D eigenvalue weighted by Gasteiger charge is 2.12. The average molecular weight is 196 g/mol. The molecule has 2 N–H and O–H groups in total. The van der Waals surface area contributed by atoms with Gasteiger partial charge in [-0.1, -0.05) is 25.5 Å². The Labute approximate surface area is 88.2 Å². The van der Waals surface area contributed by atoms with Crippen molar-refractivity contribution in [3.8, 4) is 0 Å². The molecule has 1 heterocycles. The van der Waals surface area contributed by atoms with Gasteiger partial charge in [-0.05, 0) is 32.2 Å². The van der Waals surface area contributed by atoms with Gasteiger partial charge in [0.15, 0.2) is 0 Å². The Hall–Kier alpha value is -0.340. The minimum Gasteiger partial charge on any atom is -0.327 e. The van der Waals surface area contributed by atoms with Crippen LogP contribution in [0, 0.1) is 5.92 Å². The van der Waals surface area contributed by atoms with Gasteiger partial charge in [-0.2, -0.15) is 0 Å². The third-order valence-electron chi connectivity index (χ3n) is 3.16. The standard InChI is InChI=1S/C12H24N2/c1-10(2)12(13)6-9-14-7-4-11(3)5-8-14/h4,10,12H,5-9,13H2,1-3H3. The smallest absolute Gasteiger partial charge is 0.0165 e. The number of rotatable bonds is 4. The molecule has 1 aliphatic rings. The van der Waals surface area contributed by atoms with Gasteiger partial charge in [-0.25, -0.2) is 0 Å². The largest absolute Gasteiger partial charge is 0.327 e. The lowest BCUT2D eigenvalue weighted by molar-refractivity contribution is 0.271. The van der Waals surface area contributed by atoms with E-state index in [1.807, 2.05) is 0 Å². The summed E-state index contributed by atoms with van der Waals surface area (Å²) in [6.07, 6.45) is 4.70. The van der Waals surface area contributed by atoms with Crippen LogP contribution < -0.4 is 5.73 Å². The second-order valence-electron chi connectivity index (χ2n) is 4.80.